The zero-order chi connectivity index (χ0) is 17.8. The third-order valence-electron chi connectivity index (χ3n) is 4.95. The normalized spacial score (nSPS) is 14.6. The third-order valence-corrected chi connectivity index (χ3v) is 4.95. The molecule has 26 heavy (non-hydrogen) atoms. The quantitative estimate of drug-likeness (QED) is 0.729. The number of aromatic nitrogens is 2. The molecule has 132 valence electrons. The lowest BCUT2D eigenvalue weighted by Crippen LogP contribution is -2.49. The summed E-state index contributed by atoms with van der Waals surface area (Å²) in [7, 11) is 0. The molecule has 0 unspecified atom stereocenters. The summed E-state index contributed by atoms with van der Waals surface area (Å²) in [6.45, 7) is 3.05. The van der Waals surface area contributed by atoms with Gasteiger partial charge < -0.3 is 9.80 Å². The van der Waals surface area contributed by atoms with Gasteiger partial charge in [-0.15, -0.1) is 5.10 Å². The lowest BCUT2D eigenvalue weighted by Gasteiger charge is -2.35. The third kappa shape index (κ3) is 3.52. The Balaban J connectivity index is 1.37. The van der Waals surface area contributed by atoms with Crippen LogP contribution in [0.4, 0.5) is 5.82 Å². The molecular formula is C21H22N4O. The Kier molecular flexibility index (Phi) is 4.78. The van der Waals surface area contributed by atoms with Crippen LogP contribution in [0.3, 0.4) is 0 Å². The zero-order valence-electron chi connectivity index (χ0n) is 14.7. The van der Waals surface area contributed by atoms with E-state index in [1.807, 2.05) is 35.2 Å². The minimum Gasteiger partial charge on any atom is -0.351 e. The SMILES string of the molecule is O=C(CCc1ccccc1)N1CCN(c2nncc3ccccc23)CC1. The second-order valence-corrected chi connectivity index (χ2v) is 6.61. The van der Waals surface area contributed by atoms with Gasteiger partial charge in [-0.05, 0) is 12.0 Å². The number of amides is 1. The van der Waals surface area contributed by atoms with Gasteiger partial charge in [-0.2, -0.15) is 5.10 Å². The molecule has 1 aliphatic heterocycles. The van der Waals surface area contributed by atoms with Crippen LogP contribution >= 0.6 is 0 Å². The number of aryl methyl sites for hydroxylation is 1. The molecule has 1 fully saturated rings. The van der Waals surface area contributed by atoms with Gasteiger partial charge in [0, 0.05) is 43.4 Å². The van der Waals surface area contributed by atoms with Crippen LogP contribution in [-0.4, -0.2) is 47.2 Å². The Hall–Kier alpha value is -2.95. The van der Waals surface area contributed by atoms with Crippen LogP contribution in [0.5, 0.6) is 0 Å². The van der Waals surface area contributed by atoms with Crippen molar-refractivity contribution in [2.24, 2.45) is 0 Å². The van der Waals surface area contributed by atoms with E-state index in [0.29, 0.717) is 6.42 Å². The first-order valence-electron chi connectivity index (χ1n) is 9.08. The van der Waals surface area contributed by atoms with E-state index < -0.39 is 0 Å². The van der Waals surface area contributed by atoms with Gasteiger partial charge in [0.2, 0.25) is 5.91 Å². The highest BCUT2D eigenvalue weighted by Crippen LogP contribution is 2.24. The van der Waals surface area contributed by atoms with Gasteiger partial charge in [0.25, 0.3) is 0 Å². The van der Waals surface area contributed by atoms with Crippen LogP contribution in [0, 0.1) is 0 Å². The minimum absolute atomic E-state index is 0.234. The first-order chi connectivity index (χ1) is 12.8. The number of rotatable bonds is 4. The van der Waals surface area contributed by atoms with Crippen molar-refractivity contribution in [2.45, 2.75) is 12.8 Å². The second kappa shape index (κ2) is 7.52. The number of nitrogens with zero attached hydrogens (tertiary/aromatic N) is 4. The number of piperazine rings is 1. The fourth-order valence-electron chi connectivity index (χ4n) is 3.47. The Morgan fingerprint density at radius 1 is 0.923 bits per heavy atom. The number of carbonyl (C=O) groups excluding carboxylic acids is 1. The maximum absolute atomic E-state index is 12.5. The monoisotopic (exact) mass is 346 g/mol. The Labute approximate surface area is 153 Å². The molecule has 0 N–H and O–H groups in total. The zero-order valence-corrected chi connectivity index (χ0v) is 14.7. The van der Waals surface area contributed by atoms with E-state index in [9.17, 15) is 4.79 Å². The van der Waals surface area contributed by atoms with Crippen molar-refractivity contribution in [3.63, 3.8) is 0 Å². The molecule has 1 saturated heterocycles. The Morgan fingerprint density at radius 2 is 1.65 bits per heavy atom. The summed E-state index contributed by atoms with van der Waals surface area (Å²) in [6.07, 6.45) is 3.16. The molecule has 3 aromatic rings. The number of hydrogen-bond acceptors (Lipinski definition) is 4. The van der Waals surface area contributed by atoms with Crippen molar-refractivity contribution in [1.82, 2.24) is 15.1 Å². The van der Waals surface area contributed by atoms with E-state index in [0.717, 1.165) is 49.2 Å². The summed E-state index contributed by atoms with van der Waals surface area (Å²) >= 11 is 0. The van der Waals surface area contributed by atoms with Crippen LogP contribution in [0.15, 0.2) is 60.8 Å². The predicted octanol–water partition coefficient (Wildman–Crippen LogP) is 2.91. The molecule has 0 atom stereocenters. The summed E-state index contributed by atoms with van der Waals surface area (Å²) in [5.74, 6) is 1.15. The average Bonchev–Trinajstić information content (AvgIpc) is 2.72. The van der Waals surface area contributed by atoms with E-state index in [4.69, 9.17) is 0 Å². The summed E-state index contributed by atoms with van der Waals surface area (Å²) in [6, 6.07) is 18.4. The van der Waals surface area contributed by atoms with Crippen LogP contribution in [0.1, 0.15) is 12.0 Å². The highest BCUT2D eigenvalue weighted by atomic mass is 16.2. The summed E-state index contributed by atoms with van der Waals surface area (Å²) in [4.78, 5) is 16.7. The fourth-order valence-corrected chi connectivity index (χ4v) is 3.47. The molecule has 0 aliphatic carbocycles. The topological polar surface area (TPSA) is 49.3 Å². The number of hydrogen-bond donors (Lipinski definition) is 0. The van der Waals surface area contributed by atoms with E-state index >= 15 is 0 Å². The standard InChI is InChI=1S/C21H22N4O/c26-20(11-10-17-6-2-1-3-7-17)24-12-14-25(15-13-24)21-19-9-5-4-8-18(19)16-22-23-21/h1-9,16H,10-15H2. The first-order valence-corrected chi connectivity index (χ1v) is 9.08. The molecule has 5 heteroatoms. The molecule has 0 radical (unpaired) electrons. The van der Waals surface area contributed by atoms with Gasteiger partial charge >= 0.3 is 0 Å². The number of anilines is 1. The van der Waals surface area contributed by atoms with Crippen molar-refractivity contribution < 1.29 is 4.79 Å². The van der Waals surface area contributed by atoms with Crippen molar-refractivity contribution >= 4 is 22.5 Å². The molecule has 4 rings (SSSR count). The van der Waals surface area contributed by atoms with Gasteiger partial charge in [0.15, 0.2) is 5.82 Å². The molecule has 1 aromatic heterocycles. The van der Waals surface area contributed by atoms with Gasteiger partial charge in [0.1, 0.15) is 0 Å². The largest absolute Gasteiger partial charge is 0.351 e. The number of carbonyl (C=O) groups is 1. The van der Waals surface area contributed by atoms with Crippen LogP contribution in [-0.2, 0) is 11.2 Å². The van der Waals surface area contributed by atoms with E-state index in [2.05, 4.69) is 39.4 Å². The van der Waals surface area contributed by atoms with Gasteiger partial charge in [-0.1, -0.05) is 54.6 Å². The summed E-state index contributed by atoms with van der Waals surface area (Å²) < 4.78 is 0. The average molecular weight is 346 g/mol. The molecule has 1 aliphatic rings. The number of benzene rings is 2. The van der Waals surface area contributed by atoms with Gasteiger partial charge in [-0.25, -0.2) is 0 Å². The predicted molar refractivity (Wildman–Crippen MR) is 103 cm³/mol. The first kappa shape index (κ1) is 16.5. The summed E-state index contributed by atoms with van der Waals surface area (Å²) in [5.41, 5.74) is 1.21. The molecule has 2 heterocycles. The van der Waals surface area contributed by atoms with Gasteiger partial charge in [-0.3, -0.25) is 4.79 Å². The molecule has 1 amide bonds. The van der Waals surface area contributed by atoms with Crippen LogP contribution in [0.25, 0.3) is 10.8 Å². The van der Waals surface area contributed by atoms with Crippen molar-refractivity contribution in [2.75, 3.05) is 31.1 Å². The van der Waals surface area contributed by atoms with Gasteiger partial charge in [0.05, 0.1) is 6.20 Å². The van der Waals surface area contributed by atoms with E-state index in [1.165, 1.54) is 5.56 Å². The highest BCUT2D eigenvalue weighted by molar-refractivity contribution is 5.91. The minimum atomic E-state index is 0.234. The van der Waals surface area contributed by atoms with Crippen molar-refractivity contribution in [3.8, 4) is 0 Å². The molecule has 2 aromatic carbocycles. The maximum Gasteiger partial charge on any atom is 0.223 e. The molecule has 0 bridgehead atoms. The highest BCUT2D eigenvalue weighted by Gasteiger charge is 2.22. The Morgan fingerprint density at radius 3 is 2.46 bits per heavy atom. The second-order valence-electron chi connectivity index (χ2n) is 6.61. The molecule has 0 spiro atoms. The lowest BCUT2D eigenvalue weighted by molar-refractivity contribution is -0.131. The smallest absolute Gasteiger partial charge is 0.223 e. The molecular weight excluding hydrogens is 324 g/mol. The van der Waals surface area contributed by atoms with E-state index in [1.54, 1.807) is 6.20 Å². The Bertz CT molecular complexity index is 883. The van der Waals surface area contributed by atoms with E-state index in [-0.39, 0.29) is 5.91 Å². The maximum atomic E-state index is 12.5. The lowest BCUT2D eigenvalue weighted by atomic mass is 10.1. The van der Waals surface area contributed by atoms with Crippen LogP contribution in [0.2, 0.25) is 0 Å². The van der Waals surface area contributed by atoms with Crippen molar-refractivity contribution in [1.29, 1.82) is 0 Å². The summed E-state index contributed by atoms with van der Waals surface area (Å²) in [5, 5.41) is 10.7. The molecule has 0 saturated carbocycles. The fraction of sp³-hybridized carbons (Fsp3) is 0.286. The van der Waals surface area contributed by atoms with Crippen LogP contribution < -0.4 is 4.90 Å². The molecule has 5 nitrogen and oxygen atoms in total. The number of fused-ring (bicyclic) bond motifs is 1. The van der Waals surface area contributed by atoms with Crippen molar-refractivity contribution in [3.05, 3.63) is 66.4 Å².